The molecule has 2 aliphatic rings. The van der Waals surface area contributed by atoms with Crippen LogP contribution in [0.4, 0.5) is 5.69 Å². The molecular formula is C15H17NO5S. The summed E-state index contributed by atoms with van der Waals surface area (Å²) in [5, 5.41) is 8.62. The van der Waals surface area contributed by atoms with Crippen LogP contribution in [0.25, 0.3) is 0 Å². The van der Waals surface area contributed by atoms with E-state index in [0.29, 0.717) is 13.0 Å². The highest BCUT2D eigenvalue weighted by Gasteiger charge is 2.36. The number of carboxylic acid groups (broad SMARTS) is 1. The molecule has 6 nitrogen and oxygen atoms in total. The Bertz CT molecular complexity index is 736. The SMILES string of the molecule is O=C(O)CCS(=O)(=O)c1ccc2c(c1)CCN2C(=O)C1CC1. The van der Waals surface area contributed by atoms with Crippen molar-refractivity contribution < 1.29 is 23.1 Å². The van der Waals surface area contributed by atoms with Gasteiger partial charge >= 0.3 is 5.97 Å². The number of carbonyl (C=O) groups is 2. The Morgan fingerprint density at radius 1 is 1.27 bits per heavy atom. The van der Waals surface area contributed by atoms with E-state index in [-0.39, 0.29) is 16.7 Å². The molecule has 0 spiro atoms. The van der Waals surface area contributed by atoms with Crippen LogP contribution in [0.1, 0.15) is 24.8 Å². The van der Waals surface area contributed by atoms with Gasteiger partial charge in [0.15, 0.2) is 9.84 Å². The van der Waals surface area contributed by atoms with E-state index in [2.05, 4.69) is 0 Å². The fourth-order valence-corrected chi connectivity index (χ4v) is 3.97. The van der Waals surface area contributed by atoms with Gasteiger partial charge in [-0.3, -0.25) is 9.59 Å². The molecule has 3 rings (SSSR count). The topological polar surface area (TPSA) is 91.8 Å². The average Bonchev–Trinajstić information content (AvgIpc) is 3.23. The Kier molecular flexibility index (Phi) is 3.68. The highest BCUT2D eigenvalue weighted by molar-refractivity contribution is 7.91. The molecule has 7 heteroatoms. The minimum absolute atomic E-state index is 0.125. The molecule has 1 saturated carbocycles. The molecule has 1 aliphatic carbocycles. The molecule has 22 heavy (non-hydrogen) atoms. The summed E-state index contributed by atoms with van der Waals surface area (Å²) >= 11 is 0. The highest BCUT2D eigenvalue weighted by Crippen LogP contribution is 2.37. The third-order valence-electron chi connectivity index (χ3n) is 4.08. The first-order chi connectivity index (χ1) is 10.4. The molecular weight excluding hydrogens is 306 g/mol. The lowest BCUT2D eigenvalue weighted by Crippen LogP contribution is -2.30. The molecule has 0 atom stereocenters. The number of benzene rings is 1. The van der Waals surface area contributed by atoms with Crippen molar-refractivity contribution in [1.82, 2.24) is 0 Å². The largest absolute Gasteiger partial charge is 0.481 e. The van der Waals surface area contributed by atoms with E-state index in [1.165, 1.54) is 6.07 Å². The summed E-state index contributed by atoms with van der Waals surface area (Å²) in [7, 11) is -3.60. The van der Waals surface area contributed by atoms with Crippen molar-refractivity contribution in [2.24, 2.45) is 5.92 Å². The monoisotopic (exact) mass is 323 g/mol. The minimum atomic E-state index is -3.60. The van der Waals surface area contributed by atoms with Crippen LogP contribution in [0, 0.1) is 5.92 Å². The van der Waals surface area contributed by atoms with Crippen molar-refractivity contribution in [3.05, 3.63) is 23.8 Å². The van der Waals surface area contributed by atoms with Crippen LogP contribution in [0.5, 0.6) is 0 Å². The summed E-state index contributed by atoms with van der Waals surface area (Å²) in [6, 6.07) is 4.71. The Morgan fingerprint density at radius 3 is 2.64 bits per heavy atom. The van der Waals surface area contributed by atoms with Gasteiger partial charge in [0.25, 0.3) is 0 Å². The number of fused-ring (bicyclic) bond motifs is 1. The van der Waals surface area contributed by atoms with Crippen molar-refractivity contribution in [3.8, 4) is 0 Å². The van der Waals surface area contributed by atoms with Crippen LogP contribution in [-0.2, 0) is 25.8 Å². The van der Waals surface area contributed by atoms with E-state index in [9.17, 15) is 18.0 Å². The number of hydrogen-bond donors (Lipinski definition) is 1. The Balaban J connectivity index is 1.83. The minimum Gasteiger partial charge on any atom is -0.481 e. The molecule has 1 heterocycles. The van der Waals surface area contributed by atoms with Crippen molar-refractivity contribution in [1.29, 1.82) is 0 Å². The lowest BCUT2D eigenvalue weighted by atomic mass is 10.2. The maximum Gasteiger partial charge on any atom is 0.304 e. The van der Waals surface area contributed by atoms with Gasteiger partial charge < -0.3 is 10.0 Å². The number of carbonyl (C=O) groups excluding carboxylic acids is 1. The zero-order chi connectivity index (χ0) is 15.9. The van der Waals surface area contributed by atoms with Gasteiger partial charge in [-0.1, -0.05) is 0 Å². The Morgan fingerprint density at radius 2 is 2.00 bits per heavy atom. The van der Waals surface area contributed by atoms with Gasteiger partial charge in [0, 0.05) is 18.2 Å². The fraction of sp³-hybridized carbons (Fsp3) is 0.467. The van der Waals surface area contributed by atoms with E-state index >= 15 is 0 Å². The van der Waals surface area contributed by atoms with Gasteiger partial charge in [-0.25, -0.2) is 8.42 Å². The van der Waals surface area contributed by atoms with Crippen molar-refractivity contribution in [2.45, 2.75) is 30.6 Å². The van der Waals surface area contributed by atoms with Crippen LogP contribution in [-0.4, -0.2) is 37.7 Å². The number of aliphatic carboxylic acids is 1. The molecule has 1 aliphatic heterocycles. The zero-order valence-electron chi connectivity index (χ0n) is 12.0. The summed E-state index contributed by atoms with van der Waals surface area (Å²) in [5.74, 6) is -1.29. The number of hydrogen-bond acceptors (Lipinski definition) is 4. The normalized spacial score (nSPS) is 17.4. The van der Waals surface area contributed by atoms with E-state index in [0.717, 1.165) is 24.1 Å². The predicted octanol–water partition coefficient (Wildman–Crippen LogP) is 1.23. The fourth-order valence-electron chi connectivity index (χ4n) is 2.69. The van der Waals surface area contributed by atoms with Gasteiger partial charge in [-0.15, -0.1) is 0 Å². The van der Waals surface area contributed by atoms with E-state index in [1.54, 1.807) is 17.0 Å². The lowest BCUT2D eigenvalue weighted by molar-refractivity contribution is -0.136. The van der Waals surface area contributed by atoms with E-state index in [1.807, 2.05) is 0 Å². The van der Waals surface area contributed by atoms with Crippen LogP contribution in [0.3, 0.4) is 0 Å². The van der Waals surface area contributed by atoms with E-state index < -0.39 is 28.0 Å². The van der Waals surface area contributed by atoms with Gasteiger partial charge in [0.2, 0.25) is 5.91 Å². The molecule has 1 aromatic rings. The molecule has 0 aromatic heterocycles. The first-order valence-corrected chi connectivity index (χ1v) is 8.92. The summed E-state index contributed by atoms with van der Waals surface area (Å²) in [4.78, 5) is 24.6. The van der Waals surface area contributed by atoms with Crippen LogP contribution < -0.4 is 4.90 Å². The summed E-state index contributed by atoms with van der Waals surface area (Å²) in [6.45, 7) is 0.587. The summed E-state index contributed by atoms with van der Waals surface area (Å²) < 4.78 is 24.3. The second kappa shape index (κ2) is 5.39. The maximum absolute atomic E-state index is 12.2. The number of rotatable bonds is 5. The molecule has 0 bridgehead atoms. The maximum atomic E-state index is 12.2. The smallest absolute Gasteiger partial charge is 0.304 e. The third-order valence-corrected chi connectivity index (χ3v) is 5.80. The Hall–Kier alpha value is -1.89. The Labute approximate surface area is 128 Å². The van der Waals surface area contributed by atoms with E-state index in [4.69, 9.17) is 5.11 Å². The van der Waals surface area contributed by atoms with Crippen molar-refractivity contribution in [3.63, 3.8) is 0 Å². The van der Waals surface area contributed by atoms with Gasteiger partial charge in [0.05, 0.1) is 17.1 Å². The predicted molar refractivity (Wildman–Crippen MR) is 79.5 cm³/mol. The second-order valence-electron chi connectivity index (χ2n) is 5.77. The second-order valence-corrected chi connectivity index (χ2v) is 7.88. The molecule has 1 N–H and O–H groups in total. The van der Waals surface area contributed by atoms with Gasteiger partial charge in [0.1, 0.15) is 0 Å². The number of anilines is 1. The molecule has 0 unspecified atom stereocenters. The third kappa shape index (κ3) is 2.85. The van der Waals surface area contributed by atoms with Gasteiger partial charge in [-0.05, 0) is 43.0 Å². The molecule has 1 amide bonds. The molecule has 1 fully saturated rings. The number of nitrogens with zero attached hydrogens (tertiary/aromatic N) is 1. The summed E-state index contributed by atoms with van der Waals surface area (Å²) in [5.41, 5.74) is 1.62. The van der Waals surface area contributed by atoms with Crippen LogP contribution >= 0.6 is 0 Å². The lowest BCUT2D eigenvalue weighted by Gasteiger charge is -2.17. The first kappa shape index (κ1) is 15.0. The number of sulfone groups is 1. The molecule has 1 aromatic carbocycles. The van der Waals surface area contributed by atoms with Gasteiger partial charge in [-0.2, -0.15) is 0 Å². The average molecular weight is 323 g/mol. The number of carboxylic acids is 1. The van der Waals surface area contributed by atoms with Crippen molar-refractivity contribution >= 4 is 27.4 Å². The summed E-state index contributed by atoms with van der Waals surface area (Å²) in [6.07, 6.45) is 2.10. The van der Waals surface area contributed by atoms with Crippen LogP contribution in [0.2, 0.25) is 0 Å². The van der Waals surface area contributed by atoms with Crippen molar-refractivity contribution in [2.75, 3.05) is 17.2 Å². The zero-order valence-corrected chi connectivity index (χ0v) is 12.8. The molecule has 0 radical (unpaired) electrons. The highest BCUT2D eigenvalue weighted by atomic mass is 32.2. The standard InChI is InChI=1S/C15H17NO5S/c17-14(18)6-8-22(20,21)12-3-4-13-11(9-12)5-7-16(13)15(19)10-1-2-10/h3-4,9-10H,1-2,5-8H2,(H,17,18). The quantitative estimate of drug-likeness (QED) is 0.880. The first-order valence-electron chi connectivity index (χ1n) is 7.27. The van der Waals surface area contributed by atoms with Crippen LogP contribution in [0.15, 0.2) is 23.1 Å². The molecule has 0 saturated heterocycles. The number of amides is 1. The molecule has 118 valence electrons.